The fraction of sp³-hybridized carbons (Fsp3) is 0.471. The predicted molar refractivity (Wildman–Crippen MR) is 79.9 cm³/mol. The number of hydrogen-bond acceptors (Lipinski definition) is 2. The molecular formula is C17H23NO. The van der Waals surface area contributed by atoms with Gasteiger partial charge in [-0.2, -0.15) is 0 Å². The molecule has 0 aromatic heterocycles. The van der Waals surface area contributed by atoms with E-state index >= 15 is 0 Å². The topological polar surface area (TPSA) is 32.6 Å². The first-order chi connectivity index (χ1) is 9.15. The van der Waals surface area contributed by atoms with E-state index in [1.54, 1.807) is 0 Å². The summed E-state index contributed by atoms with van der Waals surface area (Å²) in [5.41, 5.74) is 2.31. The van der Waals surface area contributed by atoms with Crippen LogP contribution in [-0.4, -0.2) is 11.7 Å². The first-order valence-electron chi connectivity index (χ1n) is 7.18. The average Bonchev–Trinajstić information content (AvgIpc) is 2.44. The molecule has 0 saturated carbocycles. The van der Waals surface area contributed by atoms with Gasteiger partial charge in [0.15, 0.2) is 0 Å². The van der Waals surface area contributed by atoms with Crippen molar-refractivity contribution in [1.82, 2.24) is 0 Å². The summed E-state index contributed by atoms with van der Waals surface area (Å²) in [5, 5.41) is 12.3. The molecule has 0 amide bonds. The highest BCUT2D eigenvalue weighted by atomic mass is 16.3. The molecule has 0 bridgehead atoms. The molecule has 2 rings (SSSR count). The van der Waals surface area contributed by atoms with Crippen LogP contribution in [0.2, 0.25) is 0 Å². The number of fused-ring (bicyclic) bond motifs is 1. The zero-order valence-electron chi connectivity index (χ0n) is 12.1. The van der Waals surface area contributed by atoms with Crippen molar-refractivity contribution < 1.29 is 5.11 Å². The highest BCUT2D eigenvalue weighted by Crippen LogP contribution is 2.28. The molecule has 0 spiro atoms. The third-order valence-electron chi connectivity index (χ3n) is 3.88. The Labute approximate surface area is 115 Å². The highest BCUT2D eigenvalue weighted by Gasteiger charge is 2.14. The van der Waals surface area contributed by atoms with Crippen molar-refractivity contribution in [1.29, 1.82) is 0 Å². The summed E-state index contributed by atoms with van der Waals surface area (Å²) in [6, 6.07) is 4.12. The summed E-state index contributed by atoms with van der Waals surface area (Å²) < 4.78 is 0. The van der Waals surface area contributed by atoms with Crippen LogP contribution >= 0.6 is 0 Å². The van der Waals surface area contributed by atoms with Gasteiger partial charge in [-0.1, -0.05) is 50.1 Å². The highest BCUT2D eigenvalue weighted by molar-refractivity contribution is 5.42. The molecule has 0 radical (unpaired) electrons. The Balaban J connectivity index is 2.42. The molecule has 2 heteroatoms. The van der Waals surface area contributed by atoms with Crippen LogP contribution in [0, 0.1) is 0 Å². The van der Waals surface area contributed by atoms with E-state index < -0.39 is 0 Å². The third-order valence-corrected chi connectivity index (χ3v) is 3.88. The Hall–Kier alpha value is -1.57. The fourth-order valence-corrected chi connectivity index (χ4v) is 2.48. The summed E-state index contributed by atoms with van der Waals surface area (Å²) in [4.78, 5) is 4.46. The van der Waals surface area contributed by atoms with Gasteiger partial charge < -0.3 is 5.11 Å². The second-order valence-corrected chi connectivity index (χ2v) is 5.27. The molecule has 0 fully saturated rings. The summed E-state index contributed by atoms with van der Waals surface area (Å²) in [7, 11) is 0. The summed E-state index contributed by atoms with van der Waals surface area (Å²) in [6.45, 7) is 7.25. The molecule has 1 aromatic carbocycles. The molecule has 1 aliphatic rings. The minimum absolute atomic E-state index is 0.244. The second-order valence-electron chi connectivity index (χ2n) is 5.27. The van der Waals surface area contributed by atoms with E-state index in [-0.39, 0.29) is 5.92 Å². The molecular weight excluding hydrogens is 234 g/mol. The molecule has 1 N–H and O–H groups in total. The molecule has 19 heavy (non-hydrogen) atoms. The number of phenols is 1. The Morgan fingerprint density at radius 3 is 3.00 bits per heavy atom. The van der Waals surface area contributed by atoms with Crippen LogP contribution in [0.4, 0.5) is 0 Å². The maximum absolute atomic E-state index is 10.4. The summed E-state index contributed by atoms with van der Waals surface area (Å²) in [6.07, 6.45) is 7.64. The summed E-state index contributed by atoms with van der Waals surface area (Å²) in [5.74, 6) is 0.610. The number of aromatic hydroxyl groups is 1. The lowest BCUT2D eigenvalue weighted by Gasteiger charge is -2.15. The Kier molecular flexibility index (Phi) is 4.41. The molecule has 1 heterocycles. The molecule has 1 aromatic rings. The van der Waals surface area contributed by atoms with Crippen LogP contribution in [0.3, 0.4) is 0 Å². The van der Waals surface area contributed by atoms with Crippen molar-refractivity contribution in [3.63, 3.8) is 0 Å². The smallest absolute Gasteiger partial charge is 0.145 e. The number of rotatable bonds is 4. The van der Waals surface area contributed by atoms with Gasteiger partial charge in [-0.05, 0) is 25.0 Å². The molecule has 102 valence electrons. The fourth-order valence-electron chi connectivity index (χ4n) is 2.48. The molecule has 1 aliphatic heterocycles. The number of hydrogen-bond donors (Lipinski definition) is 1. The van der Waals surface area contributed by atoms with Crippen LogP contribution in [0.1, 0.15) is 51.5 Å². The molecule has 1 unspecified atom stereocenters. The van der Waals surface area contributed by atoms with E-state index in [1.165, 1.54) is 5.57 Å². The number of nitrogens with zero attached hydrogens (tertiary/aromatic N) is 1. The number of phenolic OH excluding ortho intramolecular Hbond substituents is 1. The van der Waals surface area contributed by atoms with Crippen LogP contribution in [0.15, 0.2) is 28.8 Å². The quantitative estimate of drug-likeness (QED) is 0.826. The van der Waals surface area contributed by atoms with E-state index in [0.29, 0.717) is 5.75 Å². The Morgan fingerprint density at radius 1 is 1.47 bits per heavy atom. The maximum atomic E-state index is 10.4. The van der Waals surface area contributed by atoms with Crippen molar-refractivity contribution in [3.05, 3.63) is 39.9 Å². The minimum Gasteiger partial charge on any atom is -0.505 e. The van der Waals surface area contributed by atoms with Gasteiger partial charge in [0.2, 0.25) is 0 Å². The predicted octanol–water partition coefficient (Wildman–Crippen LogP) is 3.05. The number of unbranched alkanes of at least 4 members (excludes halogenated alkanes) is 1. The number of allylic oxidation sites excluding steroid dienone is 2. The van der Waals surface area contributed by atoms with Crippen LogP contribution < -0.4 is 10.6 Å². The monoisotopic (exact) mass is 257 g/mol. The van der Waals surface area contributed by atoms with E-state index in [1.807, 2.05) is 6.07 Å². The van der Waals surface area contributed by atoms with Crippen molar-refractivity contribution in [2.75, 3.05) is 6.54 Å². The second kappa shape index (κ2) is 6.05. The van der Waals surface area contributed by atoms with Crippen molar-refractivity contribution in [3.8, 4) is 5.75 Å². The van der Waals surface area contributed by atoms with E-state index in [2.05, 4.69) is 44.0 Å². The third kappa shape index (κ3) is 2.89. The molecule has 0 saturated heterocycles. The van der Waals surface area contributed by atoms with E-state index in [9.17, 15) is 5.11 Å². The molecule has 2 nitrogen and oxygen atoms in total. The van der Waals surface area contributed by atoms with Gasteiger partial charge >= 0.3 is 0 Å². The van der Waals surface area contributed by atoms with Crippen LogP contribution in [0.25, 0.3) is 6.08 Å². The average molecular weight is 257 g/mol. The van der Waals surface area contributed by atoms with Crippen molar-refractivity contribution in [2.24, 2.45) is 4.99 Å². The lowest BCUT2D eigenvalue weighted by molar-refractivity contribution is 0.456. The lowest BCUT2D eigenvalue weighted by Crippen LogP contribution is -2.29. The number of benzene rings is 1. The first-order valence-corrected chi connectivity index (χ1v) is 7.18. The Morgan fingerprint density at radius 2 is 2.26 bits per heavy atom. The largest absolute Gasteiger partial charge is 0.505 e. The SMILES string of the molecule is CCC/C=C(\C)C(C)c1ccc2c(c1O)=NCCC=2. The van der Waals surface area contributed by atoms with Gasteiger partial charge in [0, 0.05) is 18.0 Å². The summed E-state index contributed by atoms with van der Waals surface area (Å²) >= 11 is 0. The molecule has 0 aliphatic carbocycles. The van der Waals surface area contributed by atoms with Gasteiger partial charge in [-0.15, -0.1) is 0 Å². The first kappa shape index (κ1) is 13.9. The maximum Gasteiger partial charge on any atom is 0.145 e. The van der Waals surface area contributed by atoms with Gasteiger partial charge in [0.05, 0.1) is 0 Å². The van der Waals surface area contributed by atoms with E-state index in [4.69, 9.17) is 0 Å². The molecule has 1 atom stereocenters. The van der Waals surface area contributed by atoms with Gasteiger partial charge in [-0.25, -0.2) is 0 Å². The zero-order valence-corrected chi connectivity index (χ0v) is 12.1. The van der Waals surface area contributed by atoms with Crippen molar-refractivity contribution in [2.45, 2.75) is 46.0 Å². The van der Waals surface area contributed by atoms with Crippen molar-refractivity contribution >= 4 is 6.08 Å². The van der Waals surface area contributed by atoms with Crippen LogP contribution in [0.5, 0.6) is 5.75 Å². The lowest BCUT2D eigenvalue weighted by atomic mass is 9.91. The standard InChI is InChI=1S/C17H23NO/c1-4-5-7-12(2)13(3)15-10-9-14-8-6-11-18-16(14)17(15)19/h7-10,13,19H,4-6,11H2,1-3H3/b12-7+. The minimum atomic E-state index is 0.244. The van der Waals surface area contributed by atoms with Gasteiger partial charge in [-0.3, -0.25) is 4.99 Å². The van der Waals surface area contributed by atoms with Gasteiger partial charge in [0.1, 0.15) is 11.1 Å². The van der Waals surface area contributed by atoms with Gasteiger partial charge in [0.25, 0.3) is 0 Å². The van der Waals surface area contributed by atoms with Crippen LogP contribution in [-0.2, 0) is 0 Å². The normalized spacial score (nSPS) is 16.3. The van der Waals surface area contributed by atoms with E-state index in [0.717, 1.165) is 41.9 Å². The Bertz CT molecular complexity index is 598. The zero-order chi connectivity index (χ0) is 13.8.